The van der Waals surface area contributed by atoms with E-state index in [1.165, 1.54) is 7.05 Å². The van der Waals surface area contributed by atoms with Gasteiger partial charge in [-0.15, -0.1) is 0 Å². The molecule has 0 aliphatic heterocycles. The van der Waals surface area contributed by atoms with Crippen LogP contribution in [-0.2, 0) is 4.79 Å². The molecule has 1 N–H and O–H groups in total. The number of hydrogen-bond acceptors (Lipinski definition) is 2. The molecule has 1 aromatic carbocycles. The SMILES string of the molecule is CN(CC(=O)O)C(=O)c1cc(F)c(Cl)cc1F. The first-order chi connectivity index (χ1) is 7.82. The molecule has 0 unspecified atom stereocenters. The van der Waals surface area contributed by atoms with Crippen molar-refractivity contribution in [2.24, 2.45) is 0 Å². The lowest BCUT2D eigenvalue weighted by Crippen LogP contribution is -2.32. The largest absolute Gasteiger partial charge is 0.480 e. The molecule has 1 amide bonds. The average Bonchev–Trinajstić information content (AvgIpc) is 2.21. The van der Waals surface area contributed by atoms with E-state index in [9.17, 15) is 18.4 Å². The molecular formula is C10H8ClF2NO3. The number of aliphatic carboxylic acids is 1. The van der Waals surface area contributed by atoms with Crippen molar-refractivity contribution < 1.29 is 23.5 Å². The molecule has 0 fully saturated rings. The molecule has 0 heterocycles. The zero-order chi connectivity index (χ0) is 13.2. The fraction of sp³-hybridized carbons (Fsp3) is 0.200. The molecule has 1 aromatic rings. The molecule has 0 spiro atoms. The summed E-state index contributed by atoms with van der Waals surface area (Å²) in [5, 5.41) is 8.02. The molecule has 92 valence electrons. The summed E-state index contributed by atoms with van der Waals surface area (Å²) in [5.41, 5.74) is -0.560. The number of amides is 1. The normalized spacial score (nSPS) is 10.1. The minimum atomic E-state index is -1.25. The monoisotopic (exact) mass is 263 g/mol. The highest BCUT2D eigenvalue weighted by molar-refractivity contribution is 6.30. The topological polar surface area (TPSA) is 57.6 Å². The van der Waals surface area contributed by atoms with Gasteiger partial charge in [0.1, 0.15) is 18.2 Å². The highest BCUT2D eigenvalue weighted by atomic mass is 35.5. The number of halogens is 3. The van der Waals surface area contributed by atoms with Crippen molar-refractivity contribution in [2.45, 2.75) is 0 Å². The molecule has 1 rings (SSSR count). The van der Waals surface area contributed by atoms with Crippen LogP contribution in [0, 0.1) is 11.6 Å². The maximum Gasteiger partial charge on any atom is 0.323 e. The fourth-order valence-electron chi connectivity index (χ4n) is 1.17. The molecule has 7 heteroatoms. The number of likely N-dealkylation sites (N-methyl/N-ethyl adjacent to an activating group) is 1. The molecule has 17 heavy (non-hydrogen) atoms. The first-order valence-corrected chi connectivity index (χ1v) is 4.82. The molecule has 0 aliphatic carbocycles. The van der Waals surface area contributed by atoms with E-state index in [0.29, 0.717) is 12.1 Å². The van der Waals surface area contributed by atoms with Crippen molar-refractivity contribution in [2.75, 3.05) is 13.6 Å². The van der Waals surface area contributed by atoms with Gasteiger partial charge in [0.25, 0.3) is 5.91 Å². The van der Waals surface area contributed by atoms with Crippen LogP contribution < -0.4 is 0 Å². The van der Waals surface area contributed by atoms with Crippen LogP contribution in [0.4, 0.5) is 8.78 Å². The van der Waals surface area contributed by atoms with Crippen LogP contribution in [0.3, 0.4) is 0 Å². The summed E-state index contributed by atoms with van der Waals surface area (Å²) >= 11 is 5.32. The first-order valence-electron chi connectivity index (χ1n) is 4.44. The number of benzene rings is 1. The molecule has 0 bridgehead atoms. The van der Waals surface area contributed by atoms with Gasteiger partial charge >= 0.3 is 5.97 Å². The number of hydrogen-bond donors (Lipinski definition) is 1. The Balaban J connectivity index is 3.04. The van der Waals surface area contributed by atoms with Crippen molar-refractivity contribution in [1.82, 2.24) is 4.90 Å². The standard InChI is InChI=1S/C10H8ClF2NO3/c1-14(4-9(15)16)10(17)5-2-8(13)6(11)3-7(5)12/h2-3H,4H2,1H3,(H,15,16). The second-order valence-corrected chi connectivity index (χ2v) is 3.71. The summed E-state index contributed by atoms with van der Waals surface area (Å²) in [5.74, 6) is -4.13. The lowest BCUT2D eigenvalue weighted by molar-refractivity contribution is -0.137. The minimum absolute atomic E-state index is 0.445. The molecule has 0 radical (unpaired) electrons. The summed E-state index contributed by atoms with van der Waals surface area (Å²) in [6, 6.07) is 1.30. The third kappa shape index (κ3) is 3.13. The molecular weight excluding hydrogens is 256 g/mol. The van der Waals surface area contributed by atoms with Gasteiger partial charge in [0, 0.05) is 7.05 Å². The molecule has 4 nitrogen and oxygen atoms in total. The van der Waals surface area contributed by atoms with Crippen molar-refractivity contribution >= 4 is 23.5 Å². The average molecular weight is 264 g/mol. The number of carboxylic acids is 1. The van der Waals surface area contributed by atoms with Gasteiger partial charge in [-0.05, 0) is 12.1 Å². The Morgan fingerprint density at radius 3 is 2.47 bits per heavy atom. The van der Waals surface area contributed by atoms with E-state index in [0.717, 1.165) is 4.90 Å². The first kappa shape index (κ1) is 13.4. The third-order valence-electron chi connectivity index (χ3n) is 1.96. The summed E-state index contributed by atoms with van der Waals surface area (Å²) in [6.45, 7) is -0.609. The quantitative estimate of drug-likeness (QED) is 0.846. The van der Waals surface area contributed by atoms with Crippen LogP contribution >= 0.6 is 11.6 Å². The van der Waals surface area contributed by atoms with Crippen LogP contribution in [0.5, 0.6) is 0 Å². The van der Waals surface area contributed by atoms with Crippen molar-refractivity contribution in [3.63, 3.8) is 0 Å². The Morgan fingerprint density at radius 1 is 1.35 bits per heavy atom. The molecule has 0 atom stereocenters. The van der Waals surface area contributed by atoms with Crippen molar-refractivity contribution in [3.05, 3.63) is 34.4 Å². The van der Waals surface area contributed by atoms with Gasteiger partial charge in [0.2, 0.25) is 0 Å². The van der Waals surface area contributed by atoms with E-state index in [1.54, 1.807) is 0 Å². The van der Waals surface area contributed by atoms with E-state index in [2.05, 4.69) is 0 Å². The van der Waals surface area contributed by atoms with E-state index < -0.39 is 40.6 Å². The summed E-state index contributed by atoms with van der Waals surface area (Å²) in [7, 11) is 1.17. The van der Waals surface area contributed by atoms with Crippen LogP contribution in [0.25, 0.3) is 0 Å². The van der Waals surface area contributed by atoms with Crippen LogP contribution in [0.15, 0.2) is 12.1 Å². The maximum absolute atomic E-state index is 13.3. The number of carboxylic acid groups (broad SMARTS) is 1. The van der Waals surface area contributed by atoms with Crippen LogP contribution in [0.1, 0.15) is 10.4 Å². The van der Waals surface area contributed by atoms with Crippen molar-refractivity contribution in [3.8, 4) is 0 Å². The Kier molecular flexibility index (Phi) is 4.01. The van der Waals surface area contributed by atoms with E-state index in [-0.39, 0.29) is 0 Å². The van der Waals surface area contributed by atoms with Gasteiger partial charge in [0.15, 0.2) is 0 Å². The highest BCUT2D eigenvalue weighted by Crippen LogP contribution is 2.20. The second kappa shape index (κ2) is 5.09. The summed E-state index contributed by atoms with van der Waals surface area (Å²) in [6.07, 6.45) is 0. The Hall–Kier alpha value is -1.69. The Bertz CT molecular complexity index is 479. The van der Waals surface area contributed by atoms with E-state index >= 15 is 0 Å². The van der Waals surface area contributed by atoms with Crippen LogP contribution in [-0.4, -0.2) is 35.5 Å². The zero-order valence-electron chi connectivity index (χ0n) is 8.71. The maximum atomic E-state index is 13.3. The van der Waals surface area contributed by atoms with Crippen LogP contribution in [0.2, 0.25) is 5.02 Å². The lowest BCUT2D eigenvalue weighted by Gasteiger charge is -2.15. The minimum Gasteiger partial charge on any atom is -0.480 e. The van der Waals surface area contributed by atoms with Gasteiger partial charge in [-0.3, -0.25) is 9.59 Å². The van der Waals surface area contributed by atoms with Gasteiger partial charge < -0.3 is 10.0 Å². The van der Waals surface area contributed by atoms with Gasteiger partial charge in [-0.25, -0.2) is 8.78 Å². The Labute approximate surface area is 100 Å². The summed E-state index contributed by atoms with van der Waals surface area (Å²) < 4.78 is 26.4. The van der Waals surface area contributed by atoms with Crippen molar-refractivity contribution in [1.29, 1.82) is 0 Å². The number of nitrogens with zero attached hydrogens (tertiary/aromatic N) is 1. The fourth-order valence-corrected chi connectivity index (χ4v) is 1.32. The van der Waals surface area contributed by atoms with E-state index in [4.69, 9.17) is 16.7 Å². The third-order valence-corrected chi connectivity index (χ3v) is 2.25. The smallest absolute Gasteiger partial charge is 0.323 e. The molecule has 0 saturated carbocycles. The van der Waals surface area contributed by atoms with Gasteiger partial charge in [-0.2, -0.15) is 0 Å². The molecule has 0 saturated heterocycles. The number of carbonyl (C=O) groups is 2. The second-order valence-electron chi connectivity index (χ2n) is 3.30. The Morgan fingerprint density at radius 2 is 1.94 bits per heavy atom. The van der Waals surface area contributed by atoms with E-state index in [1.807, 2.05) is 0 Å². The van der Waals surface area contributed by atoms with Gasteiger partial charge in [0.05, 0.1) is 10.6 Å². The highest BCUT2D eigenvalue weighted by Gasteiger charge is 2.20. The number of rotatable bonds is 3. The molecule has 0 aliphatic rings. The number of carbonyl (C=O) groups excluding carboxylic acids is 1. The zero-order valence-corrected chi connectivity index (χ0v) is 9.46. The predicted molar refractivity (Wildman–Crippen MR) is 56.0 cm³/mol. The predicted octanol–water partition coefficient (Wildman–Crippen LogP) is 1.77. The lowest BCUT2D eigenvalue weighted by atomic mass is 10.2. The van der Waals surface area contributed by atoms with Gasteiger partial charge in [-0.1, -0.05) is 11.6 Å². The summed E-state index contributed by atoms with van der Waals surface area (Å²) in [4.78, 5) is 22.7. The molecule has 0 aromatic heterocycles.